The Morgan fingerprint density at radius 2 is 1.78 bits per heavy atom. The predicted octanol–water partition coefficient (Wildman–Crippen LogP) is 2.24. The van der Waals surface area contributed by atoms with Crippen molar-refractivity contribution in [3.05, 3.63) is 22.2 Å². The highest BCUT2D eigenvalue weighted by Gasteiger charge is 2.34. The van der Waals surface area contributed by atoms with Crippen molar-refractivity contribution in [1.82, 2.24) is 0 Å². The third kappa shape index (κ3) is 2.63. The van der Waals surface area contributed by atoms with Crippen LogP contribution in [0.1, 0.15) is 24.4 Å². The molecule has 0 aromatic heterocycles. The van der Waals surface area contributed by atoms with E-state index >= 15 is 0 Å². The van der Waals surface area contributed by atoms with Crippen molar-refractivity contribution in [2.24, 2.45) is 11.7 Å². The second-order valence-electron chi connectivity index (χ2n) is 4.59. The van der Waals surface area contributed by atoms with Gasteiger partial charge in [-0.15, -0.1) is 0 Å². The fourth-order valence-corrected chi connectivity index (χ4v) is 2.56. The number of ether oxygens (including phenoxy) is 2. The lowest BCUT2D eigenvalue weighted by Gasteiger charge is -2.20. The number of rotatable bonds is 5. The van der Waals surface area contributed by atoms with Crippen molar-refractivity contribution in [2.45, 2.75) is 25.0 Å². The summed E-state index contributed by atoms with van der Waals surface area (Å²) in [6.45, 7) is 0. The Balaban J connectivity index is 2.31. The number of aliphatic hydroxyl groups excluding tert-OH is 1. The summed E-state index contributed by atoms with van der Waals surface area (Å²) in [6, 6.07) is 3.26. The van der Waals surface area contributed by atoms with Gasteiger partial charge < -0.3 is 20.3 Å². The number of nitrogens with two attached hydrogens (primary N) is 1. The summed E-state index contributed by atoms with van der Waals surface area (Å²) in [6.07, 6.45) is 1.61. The molecule has 0 bridgehead atoms. The standard InChI is InChI=1S/C13H18BrNO3/c1-17-9-5-8(6-10(18-2)11(9)14)12(15)13(16)7-3-4-7/h5-7,12-13,16H,3-4,15H2,1-2H3/t12-,13+/m0/s1. The van der Waals surface area contributed by atoms with E-state index in [2.05, 4.69) is 15.9 Å². The molecule has 1 aliphatic carbocycles. The van der Waals surface area contributed by atoms with Crippen LogP contribution in [0.4, 0.5) is 0 Å². The zero-order chi connectivity index (χ0) is 13.3. The van der Waals surface area contributed by atoms with Crippen LogP contribution in [0.3, 0.4) is 0 Å². The van der Waals surface area contributed by atoms with E-state index in [1.165, 1.54) is 0 Å². The minimum Gasteiger partial charge on any atom is -0.495 e. The molecule has 5 heteroatoms. The van der Waals surface area contributed by atoms with E-state index in [-0.39, 0.29) is 0 Å². The molecule has 1 aromatic rings. The van der Waals surface area contributed by atoms with E-state index < -0.39 is 12.1 Å². The van der Waals surface area contributed by atoms with Gasteiger partial charge in [-0.3, -0.25) is 0 Å². The summed E-state index contributed by atoms with van der Waals surface area (Å²) in [5, 5.41) is 10.1. The van der Waals surface area contributed by atoms with Crippen LogP contribution in [0.2, 0.25) is 0 Å². The van der Waals surface area contributed by atoms with E-state index in [0.29, 0.717) is 17.4 Å². The molecule has 1 fully saturated rings. The maximum atomic E-state index is 10.1. The monoisotopic (exact) mass is 315 g/mol. The molecule has 0 amide bonds. The number of benzene rings is 1. The molecule has 1 aliphatic rings. The van der Waals surface area contributed by atoms with Gasteiger partial charge >= 0.3 is 0 Å². The van der Waals surface area contributed by atoms with Gasteiger partial charge in [0.15, 0.2) is 0 Å². The summed E-state index contributed by atoms with van der Waals surface area (Å²) >= 11 is 3.41. The minimum absolute atomic E-state index is 0.334. The van der Waals surface area contributed by atoms with Gasteiger partial charge in [-0.05, 0) is 52.4 Å². The molecule has 2 atom stereocenters. The van der Waals surface area contributed by atoms with Crippen molar-refractivity contribution in [3.8, 4) is 11.5 Å². The van der Waals surface area contributed by atoms with Crippen molar-refractivity contribution in [3.63, 3.8) is 0 Å². The van der Waals surface area contributed by atoms with E-state index in [9.17, 15) is 5.11 Å². The first-order chi connectivity index (χ1) is 8.58. The molecule has 1 saturated carbocycles. The average molecular weight is 316 g/mol. The summed E-state index contributed by atoms with van der Waals surface area (Å²) < 4.78 is 11.3. The van der Waals surface area contributed by atoms with E-state index in [1.807, 2.05) is 12.1 Å². The maximum absolute atomic E-state index is 10.1. The number of hydrogen-bond donors (Lipinski definition) is 2. The molecule has 0 radical (unpaired) electrons. The van der Waals surface area contributed by atoms with Crippen LogP contribution in [0.15, 0.2) is 16.6 Å². The molecule has 2 rings (SSSR count). The van der Waals surface area contributed by atoms with Gasteiger partial charge in [-0.1, -0.05) is 0 Å². The molecule has 0 spiro atoms. The molecule has 0 heterocycles. The van der Waals surface area contributed by atoms with Crippen LogP contribution in [0.25, 0.3) is 0 Å². The summed E-state index contributed by atoms with van der Waals surface area (Å²) in [4.78, 5) is 0. The molecule has 3 N–H and O–H groups in total. The minimum atomic E-state index is -0.499. The first-order valence-electron chi connectivity index (χ1n) is 5.93. The Morgan fingerprint density at radius 3 is 2.17 bits per heavy atom. The van der Waals surface area contributed by atoms with Crippen LogP contribution in [-0.2, 0) is 0 Å². The zero-order valence-electron chi connectivity index (χ0n) is 10.5. The third-order valence-electron chi connectivity index (χ3n) is 3.33. The number of methoxy groups -OCH3 is 2. The Labute approximate surface area is 115 Å². The highest BCUT2D eigenvalue weighted by atomic mass is 79.9. The van der Waals surface area contributed by atoms with Gasteiger partial charge in [0.05, 0.1) is 26.4 Å². The highest BCUT2D eigenvalue weighted by molar-refractivity contribution is 9.10. The summed E-state index contributed by atoms with van der Waals surface area (Å²) in [5.74, 6) is 1.64. The Hall–Kier alpha value is -0.780. The lowest BCUT2D eigenvalue weighted by Crippen LogP contribution is -2.27. The lowest BCUT2D eigenvalue weighted by molar-refractivity contribution is 0.122. The molecule has 0 unspecified atom stereocenters. The predicted molar refractivity (Wildman–Crippen MR) is 72.9 cm³/mol. The first-order valence-corrected chi connectivity index (χ1v) is 6.72. The van der Waals surface area contributed by atoms with E-state index in [1.54, 1.807) is 14.2 Å². The first kappa shape index (κ1) is 13.6. The smallest absolute Gasteiger partial charge is 0.137 e. The fourth-order valence-electron chi connectivity index (χ4n) is 2.01. The molecule has 100 valence electrons. The summed E-state index contributed by atoms with van der Waals surface area (Å²) in [7, 11) is 3.18. The van der Waals surface area contributed by atoms with E-state index in [0.717, 1.165) is 22.9 Å². The second-order valence-corrected chi connectivity index (χ2v) is 5.39. The topological polar surface area (TPSA) is 64.7 Å². The normalized spacial score (nSPS) is 18.3. The number of aliphatic hydroxyl groups is 1. The molecule has 0 saturated heterocycles. The van der Waals surface area contributed by atoms with Crippen molar-refractivity contribution < 1.29 is 14.6 Å². The van der Waals surface area contributed by atoms with Crippen molar-refractivity contribution in [1.29, 1.82) is 0 Å². The van der Waals surface area contributed by atoms with Crippen LogP contribution >= 0.6 is 15.9 Å². The largest absolute Gasteiger partial charge is 0.495 e. The Kier molecular flexibility index (Phi) is 4.14. The Morgan fingerprint density at radius 1 is 1.28 bits per heavy atom. The van der Waals surface area contributed by atoms with Crippen LogP contribution in [-0.4, -0.2) is 25.4 Å². The maximum Gasteiger partial charge on any atom is 0.137 e. The van der Waals surface area contributed by atoms with Gasteiger partial charge in [-0.25, -0.2) is 0 Å². The average Bonchev–Trinajstić information content (AvgIpc) is 3.21. The third-order valence-corrected chi connectivity index (χ3v) is 4.11. The fraction of sp³-hybridized carbons (Fsp3) is 0.538. The van der Waals surface area contributed by atoms with Crippen molar-refractivity contribution >= 4 is 15.9 Å². The zero-order valence-corrected chi connectivity index (χ0v) is 12.1. The molecule has 18 heavy (non-hydrogen) atoms. The van der Waals surface area contributed by atoms with Gasteiger partial charge in [0, 0.05) is 0 Å². The molecule has 4 nitrogen and oxygen atoms in total. The van der Waals surface area contributed by atoms with Crippen LogP contribution < -0.4 is 15.2 Å². The number of hydrogen-bond acceptors (Lipinski definition) is 4. The molecular weight excluding hydrogens is 298 g/mol. The van der Waals surface area contributed by atoms with Gasteiger partial charge in [0.1, 0.15) is 16.0 Å². The van der Waals surface area contributed by atoms with Gasteiger partial charge in [0.25, 0.3) is 0 Å². The second kappa shape index (κ2) is 5.47. The molecule has 1 aromatic carbocycles. The van der Waals surface area contributed by atoms with Gasteiger partial charge in [0.2, 0.25) is 0 Å². The number of halogens is 1. The van der Waals surface area contributed by atoms with Crippen molar-refractivity contribution in [2.75, 3.05) is 14.2 Å². The van der Waals surface area contributed by atoms with Crippen LogP contribution in [0, 0.1) is 5.92 Å². The van der Waals surface area contributed by atoms with E-state index in [4.69, 9.17) is 15.2 Å². The van der Waals surface area contributed by atoms with Crippen LogP contribution in [0.5, 0.6) is 11.5 Å². The molecule has 0 aliphatic heterocycles. The quantitative estimate of drug-likeness (QED) is 0.874. The summed E-state index contributed by atoms with van der Waals surface area (Å²) in [5.41, 5.74) is 6.93. The highest BCUT2D eigenvalue weighted by Crippen LogP contribution is 2.41. The SMILES string of the molecule is COc1cc([C@H](N)[C@H](O)C2CC2)cc(OC)c1Br. The lowest BCUT2D eigenvalue weighted by atomic mass is 9.98. The Bertz CT molecular complexity index is 409. The van der Waals surface area contributed by atoms with Gasteiger partial charge in [-0.2, -0.15) is 0 Å². The molecular formula is C13H18BrNO3.